The van der Waals surface area contributed by atoms with Crippen molar-refractivity contribution in [3.8, 4) is 0 Å². The van der Waals surface area contributed by atoms with Gasteiger partial charge in [0.1, 0.15) is 4.99 Å². The summed E-state index contributed by atoms with van der Waals surface area (Å²) in [4.78, 5) is 16.1. The molecule has 0 bridgehead atoms. The van der Waals surface area contributed by atoms with Crippen molar-refractivity contribution in [2.45, 2.75) is 12.8 Å². The summed E-state index contributed by atoms with van der Waals surface area (Å²) in [6.07, 6.45) is 2.16. The molecule has 2 amide bonds. The van der Waals surface area contributed by atoms with Crippen LogP contribution in [0.4, 0.5) is 10.5 Å². The van der Waals surface area contributed by atoms with Crippen molar-refractivity contribution < 1.29 is 4.79 Å². The number of urea groups is 1. The van der Waals surface area contributed by atoms with E-state index < -0.39 is 0 Å². The van der Waals surface area contributed by atoms with Crippen molar-refractivity contribution in [2.24, 2.45) is 5.73 Å². The van der Waals surface area contributed by atoms with Crippen LogP contribution in [0.3, 0.4) is 0 Å². The van der Waals surface area contributed by atoms with Crippen LogP contribution in [0.1, 0.15) is 18.4 Å². The highest BCUT2D eigenvalue weighted by Crippen LogP contribution is 2.21. The average molecular weight is 263 g/mol. The highest BCUT2D eigenvalue weighted by molar-refractivity contribution is 7.80. The van der Waals surface area contributed by atoms with Gasteiger partial charge >= 0.3 is 6.03 Å². The minimum atomic E-state index is 0.0104. The zero-order valence-electron chi connectivity index (χ0n) is 10.4. The fourth-order valence-corrected chi connectivity index (χ4v) is 2.37. The molecule has 0 radical (unpaired) electrons. The summed E-state index contributed by atoms with van der Waals surface area (Å²) < 4.78 is 0. The molecule has 0 aromatic heterocycles. The van der Waals surface area contributed by atoms with E-state index >= 15 is 0 Å². The number of nitrogens with two attached hydrogens (primary N) is 1. The molecule has 1 fully saturated rings. The molecule has 2 N–H and O–H groups in total. The first kappa shape index (κ1) is 12.8. The molecule has 1 saturated heterocycles. The van der Waals surface area contributed by atoms with Gasteiger partial charge in [0.05, 0.1) is 5.69 Å². The third kappa shape index (κ3) is 2.46. The molecular formula is C13H17N3OS. The lowest BCUT2D eigenvalue weighted by atomic mass is 10.1. The third-order valence-corrected chi connectivity index (χ3v) is 3.41. The smallest absolute Gasteiger partial charge is 0.324 e. The van der Waals surface area contributed by atoms with Gasteiger partial charge in [-0.2, -0.15) is 0 Å². The van der Waals surface area contributed by atoms with Crippen LogP contribution in [0.25, 0.3) is 0 Å². The van der Waals surface area contributed by atoms with E-state index in [0.717, 1.165) is 37.2 Å². The highest BCUT2D eigenvalue weighted by Gasteiger charge is 2.23. The van der Waals surface area contributed by atoms with Crippen molar-refractivity contribution in [1.29, 1.82) is 0 Å². The van der Waals surface area contributed by atoms with E-state index in [-0.39, 0.29) is 6.03 Å². The Bertz CT molecular complexity index is 469. The van der Waals surface area contributed by atoms with Crippen LogP contribution < -0.4 is 10.6 Å². The fraction of sp³-hybridized carbons (Fsp3) is 0.385. The number of amides is 2. The Kier molecular flexibility index (Phi) is 3.81. The molecule has 1 aromatic rings. The topological polar surface area (TPSA) is 49.6 Å². The quantitative estimate of drug-likeness (QED) is 0.830. The molecular weight excluding hydrogens is 246 g/mol. The van der Waals surface area contributed by atoms with Gasteiger partial charge in [-0.05, 0) is 25.0 Å². The maximum Gasteiger partial charge on any atom is 0.324 e. The molecule has 1 aliphatic rings. The number of benzene rings is 1. The number of carbonyl (C=O) groups is 1. The summed E-state index contributed by atoms with van der Waals surface area (Å²) in [6.45, 7) is 1.66. The second kappa shape index (κ2) is 5.35. The van der Waals surface area contributed by atoms with Crippen molar-refractivity contribution in [3.05, 3.63) is 29.8 Å². The Morgan fingerprint density at radius 2 is 1.94 bits per heavy atom. The van der Waals surface area contributed by atoms with Gasteiger partial charge in [-0.3, -0.25) is 4.90 Å². The minimum absolute atomic E-state index is 0.0104. The number of likely N-dealkylation sites (tertiary alicyclic amines) is 1. The van der Waals surface area contributed by atoms with Crippen LogP contribution in [0.2, 0.25) is 0 Å². The summed E-state index contributed by atoms with van der Waals surface area (Å²) in [5, 5.41) is 0. The van der Waals surface area contributed by atoms with Gasteiger partial charge in [0, 0.05) is 25.7 Å². The molecule has 0 aliphatic carbocycles. The van der Waals surface area contributed by atoms with Gasteiger partial charge < -0.3 is 10.6 Å². The first-order valence-electron chi connectivity index (χ1n) is 6.02. The average Bonchev–Trinajstić information content (AvgIpc) is 2.90. The molecule has 96 valence electrons. The van der Waals surface area contributed by atoms with E-state index in [1.165, 1.54) is 0 Å². The van der Waals surface area contributed by atoms with Gasteiger partial charge in [0.15, 0.2) is 0 Å². The Balaban J connectivity index is 2.25. The molecule has 1 aromatic carbocycles. The lowest BCUT2D eigenvalue weighted by Gasteiger charge is -2.25. The van der Waals surface area contributed by atoms with Gasteiger partial charge in [-0.15, -0.1) is 0 Å². The van der Waals surface area contributed by atoms with Crippen molar-refractivity contribution in [2.75, 3.05) is 25.0 Å². The van der Waals surface area contributed by atoms with E-state index in [2.05, 4.69) is 0 Å². The largest absolute Gasteiger partial charge is 0.389 e. The minimum Gasteiger partial charge on any atom is -0.389 e. The molecule has 5 heteroatoms. The lowest BCUT2D eigenvalue weighted by molar-refractivity contribution is 0.217. The van der Waals surface area contributed by atoms with Gasteiger partial charge in [0.25, 0.3) is 0 Å². The number of carbonyl (C=O) groups excluding carboxylic acids is 1. The van der Waals surface area contributed by atoms with Crippen LogP contribution in [0.5, 0.6) is 0 Å². The van der Waals surface area contributed by atoms with E-state index in [0.29, 0.717) is 4.99 Å². The second-order valence-electron chi connectivity index (χ2n) is 4.42. The molecule has 0 unspecified atom stereocenters. The van der Waals surface area contributed by atoms with E-state index in [1.807, 2.05) is 29.2 Å². The van der Waals surface area contributed by atoms with Crippen molar-refractivity contribution in [3.63, 3.8) is 0 Å². The Morgan fingerprint density at radius 3 is 2.56 bits per heavy atom. The predicted octanol–water partition coefficient (Wildman–Crippen LogP) is 1.97. The maximum atomic E-state index is 12.3. The summed E-state index contributed by atoms with van der Waals surface area (Å²) in [7, 11) is 1.76. The first-order chi connectivity index (χ1) is 8.61. The summed E-state index contributed by atoms with van der Waals surface area (Å²) >= 11 is 5.02. The summed E-state index contributed by atoms with van der Waals surface area (Å²) in [5.74, 6) is 0. The number of thiocarbonyl (C=S) groups is 1. The van der Waals surface area contributed by atoms with Crippen LogP contribution in [-0.4, -0.2) is 36.1 Å². The monoisotopic (exact) mass is 263 g/mol. The molecule has 0 atom stereocenters. The fourth-order valence-electron chi connectivity index (χ4n) is 2.20. The molecule has 1 heterocycles. The SMILES string of the molecule is CN(C(=O)N1CCCC1)c1ccccc1C(N)=S. The molecule has 0 saturated carbocycles. The normalized spacial score (nSPS) is 14.6. The van der Waals surface area contributed by atoms with Crippen LogP contribution in [0.15, 0.2) is 24.3 Å². The van der Waals surface area contributed by atoms with Crippen LogP contribution >= 0.6 is 12.2 Å². The summed E-state index contributed by atoms with van der Waals surface area (Å²) in [5.41, 5.74) is 7.19. The Labute approximate surface area is 112 Å². The molecule has 18 heavy (non-hydrogen) atoms. The van der Waals surface area contributed by atoms with Crippen LogP contribution in [-0.2, 0) is 0 Å². The maximum absolute atomic E-state index is 12.3. The number of hydrogen-bond acceptors (Lipinski definition) is 2. The highest BCUT2D eigenvalue weighted by atomic mass is 32.1. The second-order valence-corrected chi connectivity index (χ2v) is 4.86. The zero-order valence-corrected chi connectivity index (χ0v) is 11.2. The number of para-hydroxylation sites is 1. The standard InChI is InChI=1S/C13H17N3OS/c1-15(13(17)16-8-4-5-9-16)11-7-3-2-6-10(11)12(14)18/h2-3,6-7H,4-5,8-9H2,1H3,(H2,14,18). The molecule has 2 rings (SSSR count). The molecule has 4 nitrogen and oxygen atoms in total. The summed E-state index contributed by atoms with van der Waals surface area (Å²) in [6, 6.07) is 7.46. The van der Waals surface area contributed by atoms with Crippen molar-refractivity contribution >= 4 is 28.9 Å². The van der Waals surface area contributed by atoms with Gasteiger partial charge in [-0.1, -0.05) is 24.4 Å². The van der Waals surface area contributed by atoms with Crippen molar-refractivity contribution in [1.82, 2.24) is 4.90 Å². The van der Waals surface area contributed by atoms with E-state index in [9.17, 15) is 4.79 Å². The van der Waals surface area contributed by atoms with Gasteiger partial charge in [-0.25, -0.2) is 4.79 Å². The molecule has 0 spiro atoms. The number of nitrogens with zero attached hydrogens (tertiary/aromatic N) is 2. The Morgan fingerprint density at radius 1 is 1.33 bits per heavy atom. The number of hydrogen-bond donors (Lipinski definition) is 1. The van der Waals surface area contributed by atoms with Crippen LogP contribution in [0, 0.1) is 0 Å². The zero-order chi connectivity index (χ0) is 13.1. The lowest BCUT2D eigenvalue weighted by Crippen LogP contribution is -2.40. The van der Waals surface area contributed by atoms with Gasteiger partial charge in [0.2, 0.25) is 0 Å². The Hall–Kier alpha value is -1.62. The predicted molar refractivity (Wildman–Crippen MR) is 76.9 cm³/mol. The first-order valence-corrected chi connectivity index (χ1v) is 6.43. The number of rotatable bonds is 2. The number of anilines is 1. The molecule has 1 aliphatic heterocycles. The van der Waals surface area contributed by atoms with E-state index in [1.54, 1.807) is 11.9 Å². The van der Waals surface area contributed by atoms with E-state index in [4.69, 9.17) is 18.0 Å². The third-order valence-electron chi connectivity index (χ3n) is 3.19.